The van der Waals surface area contributed by atoms with Gasteiger partial charge in [0.05, 0.1) is 11.0 Å². The molecule has 0 amide bonds. The van der Waals surface area contributed by atoms with E-state index in [0.29, 0.717) is 0 Å². The Labute approximate surface area is 126 Å². The fraction of sp³-hybridized carbons (Fsp3) is 0.125. The van der Waals surface area contributed by atoms with Crippen LogP contribution >= 0.6 is 11.3 Å². The zero-order chi connectivity index (χ0) is 14.5. The normalized spacial score (nSPS) is 10.1. The zero-order valence-corrected chi connectivity index (χ0v) is 12.0. The fourth-order valence-corrected chi connectivity index (χ4v) is 2.70. The number of aliphatic hydroxyl groups excluding tert-OH is 1. The van der Waals surface area contributed by atoms with Crippen LogP contribution in [0.3, 0.4) is 0 Å². The lowest BCUT2D eigenvalue weighted by atomic mass is 10.2. The van der Waals surface area contributed by atoms with Gasteiger partial charge in [0.1, 0.15) is 6.61 Å². The summed E-state index contributed by atoms with van der Waals surface area (Å²) in [5, 5.41) is 14.0. The van der Waals surface area contributed by atoms with Crippen LogP contribution in [0.2, 0.25) is 0 Å². The van der Waals surface area contributed by atoms with E-state index in [9.17, 15) is 0 Å². The molecule has 0 aliphatic rings. The van der Waals surface area contributed by atoms with Gasteiger partial charge in [-0.15, -0.1) is 11.3 Å². The van der Waals surface area contributed by atoms with Crippen molar-refractivity contribution in [3.05, 3.63) is 52.5 Å². The molecule has 3 aromatic rings. The first-order valence-corrected chi connectivity index (χ1v) is 7.35. The zero-order valence-electron chi connectivity index (χ0n) is 11.2. The Hall–Kier alpha value is -2.42. The molecule has 3 rings (SSSR count). The maximum Gasteiger partial charge on any atom is 0.104 e. The topological polar surface area (TPSA) is 58.0 Å². The van der Waals surface area contributed by atoms with Gasteiger partial charge in [-0.1, -0.05) is 11.8 Å². The average Bonchev–Trinajstić information content (AvgIpc) is 2.98. The number of anilines is 1. The molecule has 0 spiro atoms. The first-order valence-electron chi connectivity index (χ1n) is 6.47. The molecule has 0 aliphatic carbocycles. The second-order valence-electron chi connectivity index (χ2n) is 4.37. The van der Waals surface area contributed by atoms with Crippen LogP contribution in [-0.4, -0.2) is 21.7 Å². The number of rotatable bonds is 3. The van der Waals surface area contributed by atoms with Crippen molar-refractivity contribution in [3.8, 4) is 11.8 Å². The van der Waals surface area contributed by atoms with E-state index in [2.05, 4.69) is 27.1 Å². The number of nitrogens with zero attached hydrogens (tertiary/aromatic N) is 2. The molecule has 0 aliphatic heterocycles. The standard InChI is InChI=1S/C16H13N3OS/c20-7-1-2-12-8-14(21-11-12)10-19-13-3-4-15-16(9-13)18-6-5-17-15/h3-6,8-9,11,19-20H,7,10H2. The molecule has 0 atom stereocenters. The molecule has 2 N–H and O–H groups in total. The van der Waals surface area contributed by atoms with E-state index < -0.39 is 0 Å². The third kappa shape index (κ3) is 3.37. The molecule has 5 heteroatoms. The number of aromatic nitrogens is 2. The lowest BCUT2D eigenvalue weighted by molar-refractivity contribution is 0.350. The van der Waals surface area contributed by atoms with Crippen molar-refractivity contribution in [3.63, 3.8) is 0 Å². The minimum atomic E-state index is -0.110. The van der Waals surface area contributed by atoms with Crippen LogP contribution in [0.5, 0.6) is 0 Å². The summed E-state index contributed by atoms with van der Waals surface area (Å²) < 4.78 is 0. The van der Waals surface area contributed by atoms with Crippen molar-refractivity contribution >= 4 is 28.1 Å². The van der Waals surface area contributed by atoms with Crippen molar-refractivity contribution in [2.24, 2.45) is 0 Å². The Kier molecular flexibility index (Phi) is 4.10. The molecule has 0 bridgehead atoms. The van der Waals surface area contributed by atoms with Crippen LogP contribution < -0.4 is 5.32 Å². The number of nitrogens with one attached hydrogen (secondary N) is 1. The molecule has 0 saturated heterocycles. The first kappa shape index (κ1) is 13.6. The van der Waals surface area contributed by atoms with E-state index in [4.69, 9.17) is 5.11 Å². The summed E-state index contributed by atoms with van der Waals surface area (Å²) >= 11 is 1.65. The second-order valence-corrected chi connectivity index (χ2v) is 5.37. The largest absolute Gasteiger partial charge is 0.384 e. The fourth-order valence-electron chi connectivity index (χ4n) is 1.94. The van der Waals surface area contributed by atoms with Gasteiger partial charge in [-0.05, 0) is 24.3 Å². The maximum absolute atomic E-state index is 8.68. The van der Waals surface area contributed by atoms with Gasteiger partial charge in [0, 0.05) is 40.4 Å². The van der Waals surface area contributed by atoms with Gasteiger partial charge in [-0.25, -0.2) is 0 Å². The number of fused-ring (bicyclic) bond motifs is 1. The Balaban J connectivity index is 1.69. The lowest BCUT2D eigenvalue weighted by Gasteiger charge is -2.05. The summed E-state index contributed by atoms with van der Waals surface area (Å²) in [7, 11) is 0. The van der Waals surface area contributed by atoms with Gasteiger partial charge in [0.25, 0.3) is 0 Å². The third-order valence-electron chi connectivity index (χ3n) is 2.90. The van der Waals surface area contributed by atoms with Gasteiger partial charge >= 0.3 is 0 Å². The Morgan fingerprint density at radius 3 is 2.86 bits per heavy atom. The minimum absolute atomic E-state index is 0.110. The van der Waals surface area contributed by atoms with Crippen molar-refractivity contribution < 1.29 is 5.11 Å². The monoisotopic (exact) mass is 295 g/mol. The van der Waals surface area contributed by atoms with Crippen LogP contribution in [0, 0.1) is 11.8 Å². The highest BCUT2D eigenvalue weighted by Gasteiger charge is 2.00. The van der Waals surface area contributed by atoms with E-state index in [1.807, 2.05) is 29.6 Å². The molecule has 2 heterocycles. The molecular formula is C16H13N3OS. The molecular weight excluding hydrogens is 282 g/mol. The summed E-state index contributed by atoms with van der Waals surface area (Å²) in [6.07, 6.45) is 3.38. The lowest BCUT2D eigenvalue weighted by Crippen LogP contribution is -1.97. The summed E-state index contributed by atoms with van der Waals surface area (Å²) in [6, 6.07) is 7.97. The Morgan fingerprint density at radius 1 is 1.14 bits per heavy atom. The number of thiophene rings is 1. The van der Waals surface area contributed by atoms with Crippen molar-refractivity contribution in [1.82, 2.24) is 9.97 Å². The summed E-state index contributed by atoms with van der Waals surface area (Å²) in [4.78, 5) is 9.73. The SMILES string of the molecule is OCC#Cc1csc(CNc2ccc3nccnc3c2)c1. The molecule has 0 fully saturated rings. The van der Waals surface area contributed by atoms with Gasteiger partial charge < -0.3 is 10.4 Å². The van der Waals surface area contributed by atoms with Gasteiger partial charge in [-0.2, -0.15) is 0 Å². The van der Waals surface area contributed by atoms with Crippen LogP contribution in [0.25, 0.3) is 11.0 Å². The van der Waals surface area contributed by atoms with Gasteiger partial charge in [-0.3, -0.25) is 9.97 Å². The smallest absolute Gasteiger partial charge is 0.104 e. The molecule has 2 aromatic heterocycles. The van der Waals surface area contributed by atoms with Crippen LogP contribution in [0.15, 0.2) is 42.0 Å². The summed E-state index contributed by atoms with van der Waals surface area (Å²) in [6.45, 7) is 0.624. The number of hydrogen-bond acceptors (Lipinski definition) is 5. The molecule has 0 saturated carbocycles. The van der Waals surface area contributed by atoms with Crippen molar-refractivity contribution in [2.75, 3.05) is 11.9 Å². The number of aliphatic hydroxyl groups is 1. The quantitative estimate of drug-likeness (QED) is 0.729. The summed E-state index contributed by atoms with van der Waals surface area (Å²) in [5.41, 5.74) is 3.72. The van der Waals surface area contributed by atoms with E-state index in [1.165, 1.54) is 4.88 Å². The first-order chi connectivity index (χ1) is 10.3. The van der Waals surface area contributed by atoms with Crippen molar-refractivity contribution in [1.29, 1.82) is 0 Å². The highest BCUT2D eigenvalue weighted by Crippen LogP contribution is 2.18. The van der Waals surface area contributed by atoms with Crippen LogP contribution in [-0.2, 0) is 6.54 Å². The highest BCUT2D eigenvalue weighted by atomic mass is 32.1. The summed E-state index contributed by atoms with van der Waals surface area (Å²) in [5.74, 6) is 5.55. The molecule has 0 radical (unpaired) electrons. The molecule has 0 unspecified atom stereocenters. The van der Waals surface area contributed by atoms with Crippen LogP contribution in [0.1, 0.15) is 10.4 Å². The molecule has 104 valence electrons. The Morgan fingerprint density at radius 2 is 2.00 bits per heavy atom. The Bertz CT molecular complexity index is 817. The number of hydrogen-bond donors (Lipinski definition) is 2. The maximum atomic E-state index is 8.68. The molecule has 4 nitrogen and oxygen atoms in total. The second kappa shape index (κ2) is 6.35. The van der Waals surface area contributed by atoms with E-state index in [1.54, 1.807) is 23.7 Å². The predicted octanol–water partition coefficient (Wildman–Crippen LogP) is 2.65. The minimum Gasteiger partial charge on any atom is -0.384 e. The third-order valence-corrected chi connectivity index (χ3v) is 3.84. The predicted molar refractivity (Wildman–Crippen MR) is 85.1 cm³/mol. The van der Waals surface area contributed by atoms with E-state index in [-0.39, 0.29) is 6.61 Å². The number of benzene rings is 1. The van der Waals surface area contributed by atoms with E-state index >= 15 is 0 Å². The molecule has 21 heavy (non-hydrogen) atoms. The molecule has 1 aromatic carbocycles. The average molecular weight is 295 g/mol. The van der Waals surface area contributed by atoms with Gasteiger partial charge in [0.2, 0.25) is 0 Å². The van der Waals surface area contributed by atoms with Crippen LogP contribution in [0.4, 0.5) is 5.69 Å². The van der Waals surface area contributed by atoms with E-state index in [0.717, 1.165) is 28.8 Å². The van der Waals surface area contributed by atoms with Gasteiger partial charge in [0.15, 0.2) is 0 Å². The van der Waals surface area contributed by atoms with Crippen molar-refractivity contribution in [2.45, 2.75) is 6.54 Å². The highest BCUT2D eigenvalue weighted by molar-refractivity contribution is 7.10.